The fraction of sp³-hybridized carbons (Fsp3) is 0.217. The third-order valence-corrected chi connectivity index (χ3v) is 4.62. The molecule has 0 saturated carbocycles. The van der Waals surface area contributed by atoms with E-state index in [9.17, 15) is 9.59 Å². The molecule has 2 aromatic carbocycles. The minimum absolute atomic E-state index is 0.157. The van der Waals surface area contributed by atoms with E-state index in [0.29, 0.717) is 5.56 Å². The second kappa shape index (κ2) is 8.57. The summed E-state index contributed by atoms with van der Waals surface area (Å²) in [6.07, 6.45) is 0. The first-order chi connectivity index (χ1) is 13.5. The average molecular weight is 376 g/mol. The molecule has 0 bridgehead atoms. The number of rotatable bonds is 6. The van der Waals surface area contributed by atoms with Crippen molar-refractivity contribution in [3.63, 3.8) is 0 Å². The summed E-state index contributed by atoms with van der Waals surface area (Å²) in [5, 5.41) is 2.83. The van der Waals surface area contributed by atoms with Crippen molar-refractivity contribution in [3.8, 4) is 5.69 Å². The first kappa shape index (κ1) is 19.4. The predicted molar refractivity (Wildman–Crippen MR) is 109 cm³/mol. The first-order valence-corrected chi connectivity index (χ1v) is 9.22. The van der Waals surface area contributed by atoms with Crippen LogP contribution in [0.15, 0.2) is 66.7 Å². The molecular formula is C23H24N2O3. The zero-order chi connectivity index (χ0) is 20.1. The lowest BCUT2D eigenvalue weighted by Gasteiger charge is -2.14. The Bertz CT molecular complexity index is 957. The Kier molecular flexibility index (Phi) is 5.94. The van der Waals surface area contributed by atoms with Crippen LogP contribution in [0.2, 0.25) is 0 Å². The summed E-state index contributed by atoms with van der Waals surface area (Å²) < 4.78 is 7.26. The topological polar surface area (TPSA) is 60.3 Å². The highest BCUT2D eigenvalue weighted by molar-refractivity contribution is 5.92. The quantitative estimate of drug-likeness (QED) is 0.658. The van der Waals surface area contributed by atoms with Crippen LogP contribution in [0.5, 0.6) is 0 Å². The van der Waals surface area contributed by atoms with Gasteiger partial charge in [-0.2, -0.15) is 0 Å². The molecule has 5 heteroatoms. The maximum Gasteiger partial charge on any atom is 0.338 e. The SMILES string of the molecule is Cc1ccc(C)n1-c1cccc(C(=O)OCC(=O)N[C@H](C)c2ccccc2)c1. The van der Waals surface area contributed by atoms with E-state index in [-0.39, 0.29) is 18.6 Å². The van der Waals surface area contributed by atoms with Crippen LogP contribution < -0.4 is 5.32 Å². The highest BCUT2D eigenvalue weighted by atomic mass is 16.5. The van der Waals surface area contributed by atoms with Gasteiger partial charge in [-0.05, 0) is 56.7 Å². The Balaban J connectivity index is 1.61. The number of aromatic nitrogens is 1. The van der Waals surface area contributed by atoms with E-state index in [1.807, 2.05) is 75.4 Å². The minimum atomic E-state index is -0.521. The Morgan fingerprint density at radius 3 is 2.32 bits per heavy atom. The molecule has 0 saturated heterocycles. The summed E-state index contributed by atoms with van der Waals surface area (Å²) in [6.45, 7) is 5.59. The van der Waals surface area contributed by atoms with Crippen molar-refractivity contribution in [2.75, 3.05) is 6.61 Å². The summed E-state index contributed by atoms with van der Waals surface area (Å²) in [5.74, 6) is -0.857. The molecule has 1 amide bonds. The van der Waals surface area contributed by atoms with Crippen molar-refractivity contribution >= 4 is 11.9 Å². The van der Waals surface area contributed by atoms with Gasteiger partial charge in [0, 0.05) is 17.1 Å². The highest BCUT2D eigenvalue weighted by Gasteiger charge is 2.14. The number of nitrogens with zero attached hydrogens (tertiary/aromatic N) is 1. The molecule has 1 heterocycles. The third-order valence-electron chi connectivity index (χ3n) is 4.62. The summed E-state index contributed by atoms with van der Waals surface area (Å²) in [4.78, 5) is 24.5. The zero-order valence-electron chi connectivity index (χ0n) is 16.3. The molecule has 0 aliphatic heterocycles. The summed E-state index contributed by atoms with van der Waals surface area (Å²) in [7, 11) is 0. The molecule has 0 spiro atoms. The number of hydrogen-bond donors (Lipinski definition) is 1. The van der Waals surface area contributed by atoms with Gasteiger partial charge in [-0.1, -0.05) is 36.4 Å². The Morgan fingerprint density at radius 2 is 1.64 bits per heavy atom. The van der Waals surface area contributed by atoms with Gasteiger partial charge < -0.3 is 14.6 Å². The molecule has 0 radical (unpaired) electrons. The second-order valence-electron chi connectivity index (χ2n) is 6.78. The average Bonchev–Trinajstić information content (AvgIpc) is 3.05. The molecule has 3 rings (SSSR count). The van der Waals surface area contributed by atoms with Crippen LogP contribution in [-0.2, 0) is 9.53 Å². The number of esters is 1. The van der Waals surface area contributed by atoms with E-state index in [2.05, 4.69) is 9.88 Å². The Morgan fingerprint density at radius 1 is 0.964 bits per heavy atom. The predicted octanol–water partition coefficient (Wildman–Crippen LogP) is 4.13. The van der Waals surface area contributed by atoms with E-state index < -0.39 is 5.97 Å². The van der Waals surface area contributed by atoms with Crippen molar-refractivity contribution < 1.29 is 14.3 Å². The maximum atomic E-state index is 12.4. The lowest BCUT2D eigenvalue weighted by atomic mass is 10.1. The highest BCUT2D eigenvalue weighted by Crippen LogP contribution is 2.18. The van der Waals surface area contributed by atoms with Gasteiger partial charge in [0.05, 0.1) is 11.6 Å². The molecule has 1 atom stereocenters. The van der Waals surface area contributed by atoms with Crippen LogP contribution in [-0.4, -0.2) is 23.1 Å². The van der Waals surface area contributed by atoms with Gasteiger partial charge in [-0.15, -0.1) is 0 Å². The van der Waals surface area contributed by atoms with Crippen LogP contribution in [0, 0.1) is 13.8 Å². The summed E-state index contributed by atoms with van der Waals surface area (Å²) >= 11 is 0. The molecule has 1 N–H and O–H groups in total. The first-order valence-electron chi connectivity index (χ1n) is 9.22. The number of ether oxygens (including phenoxy) is 1. The lowest BCUT2D eigenvalue weighted by Crippen LogP contribution is -2.31. The number of nitrogens with one attached hydrogen (secondary N) is 1. The number of carbonyl (C=O) groups excluding carboxylic acids is 2. The molecule has 0 fully saturated rings. The van der Waals surface area contributed by atoms with Gasteiger partial charge in [0.15, 0.2) is 6.61 Å². The number of aryl methyl sites for hydroxylation is 2. The van der Waals surface area contributed by atoms with Crippen LogP contribution in [0.25, 0.3) is 5.69 Å². The van der Waals surface area contributed by atoms with Gasteiger partial charge in [0.1, 0.15) is 0 Å². The Labute approximate surface area is 165 Å². The smallest absolute Gasteiger partial charge is 0.338 e. The molecule has 0 unspecified atom stereocenters. The van der Waals surface area contributed by atoms with E-state index in [4.69, 9.17) is 4.74 Å². The van der Waals surface area contributed by atoms with Crippen LogP contribution in [0.3, 0.4) is 0 Å². The van der Waals surface area contributed by atoms with Gasteiger partial charge in [-0.25, -0.2) is 4.79 Å². The number of carbonyl (C=O) groups is 2. The van der Waals surface area contributed by atoms with Crippen LogP contribution in [0.1, 0.15) is 40.3 Å². The van der Waals surface area contributed by atoms with Crippen molar-refractivity contribution in [2.24, 2.45) is 0 Å². The standard InChI is InChI=1S/C23H24N2O3/c1-16-12-13-17(2)25(16)21-11-7-10-20(14-21)23(27)28-15-22(26)24-18(3)19-8-5-4-6-9-19/h4-14,18H,15H2,1-3H3,(H,24,26)/t18-/m1/s1. The second-order valence-corrected chi connectivity index (χ2v) is 6.78. The Hall–Kier alpha value is -3.34. The van der Waals surface area contributed by atoms with Crippen molar-refractivity contribution in [2.45, 2.75) is 26.8 Å². The van der Waals surface area contributed by atoms with Crippen molar-refractivity contribution in [1.82, 2.24) is 9.88 Å². The molecule has 28 heavy (non-hydrogen) atoms. The van der Waals surface area contributed by atoms with Gasteiger partial charge >= 0.3 is 5.97 Å². The lowest BCUT2D eigenvalue weighted by molar-refractivity contribution is -0.124. The maximum absolute atomic E-state index is 12.4. The summed E-state index contributed by atoms with van der Waals surface area (Å²) in [5.41, 5.74) is 4.45. The molecule has 3 aromatic rings. The van der Waals surface area contributed by atoms with Crippen LogP contribution >= 0.6 is 0 Å². The fourth-order valence-electron chi connectivity index (χ4n) is 3.17. The van der Waals surface area contributed by atoms with E-state index in [1.165, 1.54) is 0 Å². The molecule has 0 aliphatic rings. The number of hydrogen-bond acceptors (Lipinski definition) is 3. The van der Waals surface area contributed by atoms with Gasteiger partial charge in [-0.3, -0.25) is 4.79 Å². The zero-order valence-corrected chi connectivity index (χ0v) is 16.3. The summed E-state index contributed by atoms with van der Waals surface area (Å²) in [6, 6.07) is 20.7. The molecule has 0 aliphatic carbocycles. The van der Waals surface area contributed by atoms with E-state index >= 15 is 0 Å². The fourth-order valence-corrected chi connectivity index (χ4v) is 3.17. The van der Waals surface area contributed by atoms with Gasteiger partial charge in [0.2, 0.25) is 0 Å². The van der Waals surface area contributed by atoms with Crippen molar-refractivity contribution in [3.05, 3.63) is 89.2 Å². The van der Waals surface area contributed by atoms with Gasteiger partial charge in [0.25, 0.3) is 5.91 Å². The number of benzene rings is 2. The molecule has 1 aromatic heterocycles. The molecule has 144 valence electrons. The van der Waals surface area contributed by atoms with E-state index in [0.717, 1.165) is 22.6 Å². The molecular weight excluding hydrogens is 352 g/mol. The van der Waals surface area contributed by atoms with Crippen LogP contribution in [0.4, 0.5) is 0 Å². The monoisotopic (exact) mass is 376 g/mol. The van der Waals surface area contributed by atoms with E-state index in [1.54, 1.807) is 12.1 Å². The van der Waals surface area contributed by atoms with Crippen molar-refractivity contribution in [1.29, 1.82) is 0 Å². The third kappa shape index (κ3) is 4.49. The molecule has 5 nitrogen and oxygen atoms in total. The number of amides is 1. The minimum Gasteiger partial charge on any atom is -0.452 e. The normalized spacial score (nSPS) is 11.7. The largest absolute Gasteiger partial charge is 0.452 e.